The zero-order valence-corrected chi connectivity index (χ0v) is 15.4. The second kappa shape index (κ2) is 15.2. The predicted molar refractivity (Wildman–Crippen MR) is 99.7 cm³/mol. The van der Waals surface area contributed by atoms with Crippen molar-refractivity contribution in [2.24, 2.45) is 0 Å². The van der Waals surface area contributed by atoms with E-state index in [2.05, 4.69) is 26.5 Å². The average molecular weight is 321 g/mol. The first-order valence-corrected chi connectivity index (χ1v) is 9.83. The van der Waals surface area contributed by atoms with Crippen molar-refractivity contribution in [2.45, 2.75) is 96.1 Å². The van der Waals surface area contributed by atoms with Crippen LogP contribution in [0.25, 0.3) is 0 Å². The fourth-order valence-corrected chi connectivity index (χ4v) is 4.19. The summed E-state index contributed by atoms with van der Waals surface area (Å²) >= 11 is 11.1. The topological polar surface area (TPSA) is 0 Å². The van der Waals surface area contributed by atoms with E-state index in [0.717, 1.165) is 3.53 Å². The molecular weight excluding hydrogens is 288 g/mol. The number of thiocarbonyl (C=S) groups is 1. The third-order valence-corrected chi connectivity index (χ3v) is 5.12. The van der Waals surface area contributed by atoms with Gasteiger partial charge in [-0.25, -0.2) is 0 Å². The van der Waals surface area contributed by atoms with Gasteiger partial charge in [-0.3, -0.25) is 0 Å². The summed E-state index contributed by atoms with van der Waals surface area (Å²) in [6, 6.07) is 0. The third-order valence-electron chi connectivity index (χ3n) is 3.51. The first kappa shape index (κ1) is 19.8. The Morgan fingerprint density at radius 1 is 0.842 bits per heavy atom. The maximum absolute atomic E-state index is 5.08. The lowest BCUT2D eigenvalue weighted by Crippen LogP contribution is -2.03. The van der Waals surface area contributed by atoms with Crippen molar-refractivity contribution < 1.29 is 0 Å². The molecule has 0 N–H and O–H groups in total. The lowest BCUT2D eigenvalue weighted by Gasteiger charge is -2.14. The number of unbranched alkanes of at least 4 members (excludes halogenated alkanes) is 8. The van der Waals surface area contributed by atoms with E-state index in [1.165, 1.54) is 77.0 Å². The van der Waals surface area contributed by atoms with Crippen LogP contribution in [0.15, 0.2) is 0 Å². The molecule has 0 fully saturated rings. The summed E-state index contributed by atoms with van der Waals surface area (Å²) in [5.74, 6) is 0. The molecule has 1 unspecified atom stereocenters. The van der Waals surface area contributed by atoms with Gasteiger partial charge in [-0.15, -0.1) is 24.4 Å². The smallest absolute Gasteiger partial charge is 0.101 e. The second-order valence-corrected chi connectivity index (χ2v) is 8.44. The van der Waals surface area contributed by atoms with E-state index in [1.807, 2.05) is 0 Å². The van der Waals surface area contributed by atoms with E-state index in [0.29, 0.717) is 5.25 Å². The van der Waals surface area contributed by atoms with Gasteiger partial charge >= 0.3 is 0 Å². The van der Waals surface area contributed by atoms with Gasteiger partial charge < -0.3 is 0 Å². The standard InChI is InChI=1S/C16H32S3/c1-3-5-6-7-8-9-10-11-12-14-15(13-4-2)19-16(17)18/h15H,3-14H2,1-2H3,(H,17,18). The molecular formula is C16H32S3. The van der Waals surface area contributed by atoms with Crippen molar-refractivity contribution in [2.75, 3.05) is 0 Å². The molecule has 114 valence electrons. The fourth-order valence-electron chi connectivity index (χ4n) is 2.41. The Hall–Kier alpha value is 0.790. The average Bonchev–Trinajstić information content (AvgIpc) is 2.36. The molecule has 19 heavy (non-hydrogen) atoms. The van der Waals surface area contributed by atoms with Gasteiger partial charge in [-0.1, -0.05) is 90.3 Å². The maximum Gasteiger partial charge on any atom is 0.101 e. The molecule has 0 aliphatic rings. The normalized spacial score (nSPS) is 12.6. The van der Waals surface area contributed by atoms with Gasteiger partial charge in [0.15, 0.2) is 0 Å². The van der Waals surface area contributed by atoms with E-state index in [9.17, 15) is 0 Å². The lowest BCUT2D eigenvalue weighted by atomic mass is 10.0. The van der Waals surface area contributed by atoms with Crippen LogP contribution in [-0.2, 0) is 0 Å². The minimum Gasteiger partial charge on any atom is -0.125 e. The number of hydrogen-bond acceptors (Lipinski definition) is 2. The van der Waals surface area contributed by atoms with Crippen molar-refractivity contribution in [3.63, 3.8) is 0 Å². The number of thioether (sulfide) groups is 1. The van der Waals surface area contributed by atoms with E-state index < -0.39 is 0 Å². The zero-order valence-electron chi connectivity index (χ0n) is 12.8. The number of hydrogen-bond donors (Lipinski definition) is 1. The maximum atomic E-state index is 5.08. The van der Waals surface area contributed by atoms with Crippen LogP contribution in [0.2, 0.25) is 0 Å². The van der Waals surface area contributed by atoms with E-state index in [4.69, 9.17) is 12.2 Å². The van der Waals surface area contributed by atoms with Gasteiger partial charge in [0.05, 0.1) is 0 Å². The highest BCUT2D eigenvalue weighted by molar-refractivity contribution is 8.41. The Labute approximate surface area is 136 Å². The van der Waals surface area contributed by atoms with Gasteiger partial charge in [0.1, 0.15) is 3.53 Å². The molecule has 0 aliphatic heterocycles. The van der Waals surface area contributed by atoms with Crippen molar-refractivity contribution in [3.05, 3.63) is 0 Å². The molecule has 0 saturated carbocycles. The molecule has 1 atom stereocenters. The molecule has 0 saturated heterocycles. The molecule has 0 rings (SSSR count). The highest BCUT2D eigenvalue weighted by Gasteiger charge is 2.09. The second-order valence-electron chi connectivity index (χ2n) is 5.41. The van der Waals surface area contributed by atoms with Gasteiger partial charge in [-0.2, -0.15) is 0 Å². The first-order chi connectivity index (χ1) is 9.20. The van der Waals surface area contributed by atoms with Crippen molar-refractivity contribution in [1.29, 1.82) is 0 Å². The van der Waals surface area contributed by atoms with Crippen molar-refractivity contribution >= 4 is 40.1 Å². The van der Waals surface area contributed by atoms with Crippen molar-refractivity contribution in [3.8, 4) is 0 Å². The van der Waals surface area contributed by atoms with Gasteiger partial charge in [-0.05, 0) is 12.8 Å². The van der Waals surface area contributed by atoms with Crippen LogP contribution in [0.1, 0.15) is 90.9 Å². The largest absolute Gasteiger partial charge is 0.125 e. The van der Waals surface area contributed by atoms with E-state index >= 15 is 0 Å². The summed E-state index contributed by atoms with van der Waals surface area (Å²) in [4.78, 5) is 0. The van der Waals surface area contributed by atoms with Crippen LogP contribution in [0.4, 0.5) is 0 Å². The van der Waals surface area contributed by atoms with Gasteiger partial charge in [0, 0.05) is 5.25 Å². The summed E-state index contributed by atoms with van der Waals surface area (Å²) in [6.07, 6.45) is 16.5. The summed E-state index contributed by atoms with van der Waals surface area (Å²) in [7, 11) is 0. The minimum absolute atomic E-state index is 0.708. The zero-order chi connectivity index (χ0) is 14.3. The predicted octanol–water partition coefficient (Wildman–Crippen LogP) is 7.02. The molecule has 0 aromatic heterocycles. The molecule has 0 aromatic carbocycles. The van der Waals surface area contributed by atoms with Crippen LogP contribution in [0, 0.1) is 0 Å². The molecule has 0 bridgehead atoms. The highest BCUT2D eigenvalue weighted by Crippen LogP contribution is 2.25. The summed E-state index contributed by atoms with van der Waals surface area (Å²) in [6.45, 7) is 4.53. The Bertz CT molecular complexity index is 204. The van der Waals surface area contributed by atoms with Crippen LogP contribution in [-0.4, -0.2) is 8.78 Å². The molecule has 0 amide bonds. The number of rotatable bonds is 13. The Morgan fingerprint density at radius 2 is 1.37 bits per heavy atom. The molecule has 0 spiro atoms. The Kier molecular flexibility index (Phi) is 15.8. The molecule has 0 radical (unpaired) electrons. The molecule has 0 aromatic rings. The van der Waals surface area contributed by atoms with Crippen molar-refractivity contribution in [1.82, 2.24) is 0 Å². The van der Waals surface area contributed by atoms with Crippen LogP contribution >= 0.6 is 36.6 Å². The summed E-state index contributed by atoms with van der Waals surface area (Å²) < 4.78 is 0.814. The first-order valence-electron chi connectivity index (χ1n) is 8.10. The van der Waals surface area contributed by atoms with E-state index in [1.54, 1.807) is 11.8 Å². The van der Waals surface area contributed by atoms with Crippen LogP contribution in [0.5, 0.6) is 0 Å². The number of thiol groups is 1. The quantitative estimate of drug-likeness (QED) is 0.220. The Balaban J connectivity index is 3.36. The van der Waals surface area contributed by atoms with Gasteiger partial charge in [0.2, 0.25) is 0 Å². The summed E-state index contributed by atoms with van der Waals surface area (Å²) in [5, 5.41) is 0.708. The van der Waals surface area contributed by atoms with Crippen LogP contribution in [0.3, 0.4) is 0 Å². The SMILES string of the molecule is CCCCCCCCCCCC(CCC)SC(=S)S. The van der Waals surface area contributed by atoms with Gasteiger partial charge in [0.25, 0.3) is 0 Å². The van der Waals surface area contributed by atoms with Crippen LogP contribution < -0.4 is 0 Å². The minimum atomic E-state index is 0.708. The Morgan fingerprint density at radius 3 is 1.84 bits per heavy atom. The van der Waals surface area contributed by atoms with E-state index in [-0.39, 0.29) is 0 Å². The highest BCUT2D eigenvalue weighted by atomic mass is 32.2. The monoisotopic (exact) mass is 320 g/mol. The lowest BCUT2D eigenvalue weighted by molar-refractivity contribution is 0.547. The fraction of sp³-hybridized carbons (Fsp3) is 0.938. The summed E-state index contributed by atoms with van der Waals surface area (Å²) in [5.41, 5.74) is 0. The molecule has 0 aliphatic carbocycles. The molecule has 3 heteroatoms. The molecule has 0 nitrogen and oxygen atoms in total. The molecule has 0 heterocycles. The third kappa shape index (κ3) is 15.0.